The van der Waals surface area contributed by atoms with Gasteiger partial charge in [0.05, 0.1) is 12.0 Å². The highest BCUT2D eigenvalue weighted by molar-refractivity contribution is 6.00. The number of imide groups is 1. The lowest BCUT2D eigenvalue weighted by atomic mass is 9.61. The average molecular weight is 333 g/mol. The number of Topliss-reactive ketones (excluding diaryl/α,β-unsaturated/α-hetero) is 1. The van der Waals surface area contributed by atoms with Crippen LogP contribution < -0.4 is 0 Å². The molecule has 5 atom stereocenters. The summed E-state index contributed by atoms with van der Waals surface area (Å²) in [4.78, 5) is 39.7. The second-order valence-electron chi connectivity index (χ2n) is 8.46. The number of carbonyl (C=O) groups excluding carboxylic acids is 3. The van der Waals surface area contributed by atoms with Crippen molar-refractivity contribution in [2.24, 2.45) is 17.3 Å². The highest BCUT2D eigenvalue weighted by Gasteiger charge is 2.79. The van der Waals surface area contributed by atoms with Gasteiger partial charge in [0, 0.05) is 17.8 Å². The number of fused-ring (bicyclic) bond motifs is 2. The number of hydrogen-bond acceptors (Lipinski definition) is 5. The van der Waals surface area contributed by atoms with Gasteiger partial charge in [0.15, 0.2) is 5.72 Å². The highest BCUT2D eigenvalue weighted by atomic mass is 16.6. The second kappa shape index (κ2) is 4.48. The van der Waals surface area contributed by atoms with Crippen molar-refractivity contribution in [1.82, 2.24) is 4.90 Å². The summed E-state index contributed by atoms with van der Waals surface area (Å²) in [6.07, 6.45) is 4.30. The van der Waals surface area contributed by atoms with Gasteiger partial charge in [-0.3, -0.25) is 9.59 Å². The number of ether oxygens (including phenoxy) is 2. The fourth-order valence-corrected chi connectivity index (χ4v) is 5.08. The Morgan fingerprint density at radius 1 is 1.38 bits per heavy atom. The molecule has 2 saturated heterocycles. The highest BCUT2D eigenvalue weighted by Crippen LogP contribution is 2.67. The molecule has 0 aromatic rings. The predicted molar refractivity (Wildman–Crippen MR) is 83.8 cm³/mol. The van der Waals surface area contributed by atoms with Gasteiger partial charge in [-0.15, -0.1) is 0 Å². The van der Waals surface area contributed by atoms with Crippen LogP contribution in [0.4, 0.5) is 4.79 Å². The second-order valence-corrected chi connectivity index (χ2v) is 8.46. The van der Waals surface area contributed by atoms with Crippen molar-refractivity contribution in [3.8, 4) is 0 Å². The van der Waals surface area contributed by atoms with Crippen LogP contribution in [0.3, 0.4) is 0 Å². The summed E-state index contributed by atoms with van der Waals surface area (Å²) < 4.78 is 11.6. The Bertz CT molecular complexity index is 677. The van der Waals surface area contributed by atoms with E-state index in [9.17, 15) is 14.4 Å². The molecule has 2 bridgehead atoms. The summed E-state index contributed by atoms with van der Waals surface area (Å²) in [6, 6.07) is 0. The van der Waals surface area contributed by atoms with E-state index in [1.165, 1.54) is 0 Å². The Morgan fingerprint density at radius 3 is 2.75 bits per heavy atom. The standard InChI is InChI=1S/C18H23NO5/c1-16(2,3)24-15(22)19-14(21)10-6-5-7-11(20)13-12-8-9-18(19,23-12)17(10,13)4/h8-10,12-13H,5-7H2,1-4H3/t10-,12+,13+,17+,18-/m1/s1. The van der Waals surface area contributed by atoms with E-state index in [4.69, 9.17) is 9.47 Å². The van der Waals surface area contributed by atoms with E-state index in [1.807, 2.05) is 13.0 Å². The van der Waals surface area contributed by atoms with Crippen LogP contribution in [-0.4, -0.2) is 40.1 Å². The molecule has 6 heteroatoms. The normalized spacial score (nSPS) is 43.2. The van der Waals surface area contributed by atoms with Crippen LogP contribution in [0, 0.1) is 17.3 Å². The fourth-order valence-electron chi connectivity index (χ4n) is 5.08. The molecule has 0 aromatic carbocycles. The molecule has 0 unspecified atom stereocenters. The number of likely N-dealkylation sites (tertiary alicyclic amines) is 1. The molecular formula is C18H23NO5. The zero-order chi connectivity index (χ0) is 17.5. The van der Waals surface area contributed by atoms with Gasteiger partial charge in [0.1, 0.15) is 11.4 Å². The van der Waals surface area contributed by atoms with Gasteiger partial charge in [-0.1, -0.05) is 13.0 Å². The predicted octanol–water partition coefficient (Wildman–Crippen LogP) is 2.42. The molecule has 2 amide bonds. The van der Waals surface area contributed by atoms with Crippen LogP contribution in [0.25, 0.3) is 0 Å². The van der Waals surface area contributed by atoms with Gasteiger partial charge < -0.3 is 9.47 Å². The van der Waals surface area contributed by atoms with E-state index >= 15 is 0 Å². The van der Waals surface area contributed by atoms with Crippen molar-refractivity contribution in [3.05, 3.63) is 12.2 Å². The molecule has 0 N–H and O–H groups in total. The first-order chi connectivity index (χ1) is 11.1. The summed E-state index contributed by atoms with van der Waals surface area (Å²) in [5.74, 6) is -0.908. The van der Waals surface area contributed by atoms with E-state index in [2.05, 4.69) is 0 Å². The minimum atomic E-state index is -1.19. The average Bonchev–Trinajstić information content (AvgIpc) is 2.96. The minimum Gasteiger partial charge on any atom is -0.443 e. The maximum absolute atomic E-state index is 13.1. The molecule has 0 radical (unpaired) electrons. The zero-order valence-corrected chi connectivity index (χ0v) is 14.5. The van der Waals surface area contributed by atoms with Crippen molar-refractivity contribution >= 4 is 17.8 Å². The summed E-state index contributed by atoms with van der Waals surface area (Å²) in [7, 11) is 0. The maximum atomic E-state index is 13.1. The molecule has 1 spiro atoms. The van der Waals surface area contributed by atoms with Crippen LogP contribution in [0.1, 0.15) is 47.0 Å². The third-order valence-corrected chi connectivity index (χ3v) is 5.99. The van der Waals surface area contributed by atoms with Crippen LogP contribution in [-0.2, 0) is 19.1 Å². The van der Waals surface area contributed by atoms with Crippen molar-refractivity contribution in [1.29, 1.82) is 0 Å². The summed E-state index contributed by atoms with van der Waals surface area (Å²) in [6.45, 7) is 7.21. The van der Waals surface area contributed by atoms with Crippen molar-refractivity contribution in [2.45, 2.75) is 64.4 Å². The lowest BCUT2D eigenvalue weighted by Gasteiger charge is -2.41. The topological polar surface area (TPSA) is 72.9 Å². The van der Waals surface area contributed by atoms with Crippen molar-refractivity contribution in [3.63, 3.8) is 0 Å². The number of ketones is 1. The van der Waals surface area contributed by atoms with E-state index in [0.717, 1.165) is 4.90 Å². The van der Waals surface area contributed by atoms with Gasteiger partial charge >= 0.3 is 6.09 Å². The molecule has 6 nitrogen and oxygen atoms in total. The molecule has 0 aromatic heterocycles. The molecule has 3 fully saturated rings. The molecule has 4 rings (SSSR count). The van der Waals surface area contributed by atoms with Crippen molar-refractivity contribution in [2.75, 3.05) is 0 Å². The van der Waals surface area contributed by atoms with Gasteiger partial charge in [-0.2, -0.15) is 0 Å². The smallest absolute Gasteiger partial charge is 0.419 e. The lowest BCUT2D eigenvalue weighted by Crippen LogP contribution is -2.55. The molecular weight excluding hydrogens is 310 g/mol. The largest absolute Gasteiger partial charge is 0.443 e. The number of carbonyl (C=O) groups is 3. The van der Waals surface area contributed by atoms with Crippen LogP contribution >= 0.6 is 0 Å². The summed E-state index contributed by atoms with van der Waals surface area (Å²) in [5, 5.41) is 0. The SMILES string of the molecule is CC(C)(C)OC(=O)N1C(=O)[C@H]2CCCC(=O)[C@H]3[C@@H]4C=C[C@@]1(O4)[C@@]23C. The first-order valence-corrected chi connectivity index (χ1v) is 8.59. The number of amides is 2. The quantitative estimate of drug-likeness (QED) is 0.637. The Balaban J connectivity index is 1.83. The molecule has 130 valence electrons. The number of hydrogen-bond donors (Lipinski definition) is 0. The number of nitrogens with zero attached hydrogens (tertiary/aromatic N) is 1. The third-order valence-electron chi connectivity index (χ3n) is 5.99. The maximum Gasteiger partial charge on any atom is 0.419 e. The molecule has 3 aliphatic heterocycles. The van der Waals surface area contributed by atoms with E-state index in [1.54, 1.807) is 26.8 Å². The monoisotopic (exact) mass is 333 g/mol. The molecule has 1 aliphatic carbocycles. The minimum absolute atomic E-state index is 0.134. The van der Waals surface area contributed by atoms with E-state index < -0.39 is 28.8 Å². The number of rotatable bonds is 0. The van der Waals surface area contributed by atoms with Crippen LogP contribution in [0.2, 0.25) is 0 Å². The van der Waals surface area contributed by atoms with Gasteiger partial charge in [0.2, 0.25) is 5.91 Å². The fraction of sp³-hybridized carbons (Fsp3) is 0.722. The molecule has 24 heavy (non-hydrogen) atoms. The first kappa shape index (κ1) is 15.8. The van der Waals surface area contributed by atoms with Gasteiger partial charge in [-0.05, 0) is 39.7 Å². The van der Waals surface area contributed by atoms with Gasteiger partial charge in [0.25, 0.3) is 0 Å². The third kappa shape index (κ3) is 1.67. The first-order valence-electron chi connectivity index (χ1n) is 8.59. The van der Waals surface area contributed by atoms with Crippen LogP contribution in [0.5, 0.6) is 0 Å². The zero-order valence-electron chi connectivity index (χ0n) is 14.5. The molecule has 4 aliphatic rings. The van der Waals surface area contributed by atoms with E-state index in [0.29, 0.717) is 19.3 Å². The van der Waals surface area contributed by atoms with Gasteiger partial charge in [-0.25, -0.2) is 9.69 Å². The van der Waals surface area contributed by atoms with E-state index in [-0.39, 0.29) is 23.7 Å². The van der Waals surface area contributed by atoms with Crippen LogP contribution in [0.15, 0.2) is 12.2 Å². The Morgan fingerprint density at radius 2 is 2.08 bits per heavy atom. The molecule has 1 saturated carbocycles. The lowest BCUT2D eigenvalue weighted by molar-refractivity contribution is -0.143. The van der Waals surface area contributed by atoms with Crippen molar-refractivity contribution < 1.29 is 23.9 Å². The molecule has 3 heterocycles. The summed E-state index contributed by atoms with van der Waals surface area (Å²) >= 11 is 0. The Kier molecular flexibility index (Phi) is 2.95. The Hall–Kier alpha value is -1.69. The Labute approximate surface area is 141 Å². The summed E-state index contributed by atoms with van der Waals surface area (Å²) in [5.41, 5.74) is -2.62.